The van der Waals surface area contributed by atoms with Crippen molar-refractivity contribution in [3.05, 3.63) is 42.9 Å². The molecule has 0 aliphatic rings. The van der Waals surface area contributed by atoms with Crippen LogP contribution in [-0.4, -0.2) is 34.6 Å². The van der Waals surface area contributed by atoms with Crippen molar-refractivity contribution < 1.29 is 9.53 Å². The molecule has 2 aromatic heterocycles. The number of hydrogen-bond acceptors (Lipinski definition) is 4. The van der Waals surface area contributed by atoms with Crippen LogP contribution in [0.15, 0.2) is 42.9 Å². The fraction of sp³-hybridized carbons (Fsp3) is 0.333. The quantitative estimate of drug-likeness (QED) is 0.854. The molecule has 0 fully saturated rings. The van der Waals surface area contributed by atoms with Crippen LogP contribution in [0, 0.1) is 0 Å². The molecule has 0 spiro atoms. The summed E-state index contributed by atoms with van der Waals surface area (Å²) in [5.41, 5.74) is 0.589. The van der Waals surface area contributed by atoms with Crippen molar-refractivity contribution in [3.8, 4) is 5.88 Å². The smallest absolute Gasteiger partial charge is 0.247 e. The minimum Gasteiger partial charge on any atom is -0.480 e. The third kappa shape index (κ3) is 4.01. The molecule has 0 saturated carbocycles. The minimum absolute atomic E-state index is 0.0634. The Kier molecular flexibility index (Phi) is 5.68. The number of carbonyl (C=O) groups is 1. The van der Waals surface area contributed by atoms with Gasteiger partial charge in [-0.1, -0.05) is 0 Å². The number of anilines is 1. The standard InChI is InChI=1S/C15H19N3O2S/c1-20-15-12(6-5-8-16-15)17-14(19)13(7-11-21-2)18-9-3-4-10-18/h3-6,8-10,13H,7,11H2,1-2H3,(H,17,19). The lowest BCUT2D eigenvalue weighted by atomic mass is 10.2. The molecule has 0 radical (unpaired) electrons. The maximum Gasteiger partial charge on any atom is 0.247 e. The molecule has 6 heteroatoms. The summed E-state index contributed by atoms with van der Waals surface area (Å²) in [7, 11) is 1.54. The molecule has 112 valence electrons. The highest BCUT2D eigenvalue weighted by Gasteiger charge is 2.20. The van der Waals surface area contributed by atoms with Crippen LogP contribution in [0.5, 0.6) is 5.88 Å². The lowest BCUT2D eigenvalue weighted by Crippen LogP contribution is -2.26. The number of ether oxygens (including phenoxy) is 1. The number of nitrogens with zero attached hydrogens (tertiary/aromatic N) is 2. The molecular formula is C15H19N3O2S. The van der Waals surface area contributed by atoms with Gasteiger partial charge in [0.2, 0.25) is 11.8 Å². The predicted molar refractivity (Wildman–Crippen MR) is 85.9 cm³/mol. The molecule has 2 aromatic rings. The lowest BCUT2D eigenvalue weighted by molar-refractivity contribution is -0.119. The molecule has 0 aromatic carbocycles. The summed E-state index contributed by atoms with van der Waals surface area (Å²) in [5.74, 6) is 1.27. The number of hydrogen-bond donors (Lipinski definition) is 1. The van der Waals surface area contributed by atoms with Crippen LogP contribution < -0.4 is 10.1 Å². The van der Waals surface area contributed by atoms with Gasteiger partial charge in [-0.05, 0) is 42.7 Å². The first-order valence-electron chi connectivity index (χ1n) is 6.67. The van der Waals surface area contributed by atoms with Crippen LogP contribution in [0.2, 0.25) is 0 Å². The average Bonchev–Trinajstić information content (AvgIpc) is 3.02. The van der Waals surface area contributed by atoms with Gasteiger partial charge in [0, 0.05) is 18.6 Å². The first-order valence-corrected chi connectivity index (χ1v) is 8.07. The normalized spacial score (nSPS) is 11.9. The second-order valence-electron chi connectivity index (χ2n) is 4.48. The van der Waals surface area contributed by atoms with E-state index in [4.69, 9.17) is 4.74 Å². The number of aromatic nitrogens is 2. The summed E-state index contributed by atoms with van der Waals surface area (Å²) in [6.45, 7) is 0. The zero-order chi connectivity index (χ0) is 15.1. The fourth-order valence-electron chi connectivity index (χ4n) is 2.07. The molecule has 1 N–H and O–H groups in total. The summed E-state index contributed by atoms with van der Waals surface area (Å²) in [6, 6.07) is 7.15. The van der Waals surface area contributed by atoms with Crippen LogP contribution in [0.1, 0.15) is 12.5 Å². The van der Waals surface area contributed by atoms with E-state index in [0.717, 1.165) is 12.2 Å². The topological polar surface area (TPSA) is 56.1 Å². The van der Waals surface area contributed by atoms with Crippen molar-refractivity contribution in [1.82, 2.24) is 9.55 Å². The highest BCUT2D eigenvalue weighted by Crippen LogP contribution is 2.23. The zero-order valence-electron chi connectivity index (χ0n) is 12.2. The van der Waals surface area contributed by atoms with Gasteiger partial charge in [-0.25, -0.2) is 4.98 Å². The number of methoxy groups -OCH3 is 1. The second kappa shape index (κ2) is 7.73. The molecule has 0 aliphatic heterocycles. The van der Waals surface area contributed by atoms with E-state index in [0.29, 0.717) is 11.6 Å². The minimum atomic E-state index is -0.239. The summed E-state index contributed by atoms with van der Waals surface area (Å²) < 4.78 is 7.09. The van der Waals surface area contributed by atoms with Gasteiger partial charge in [0.25, 0.3) is 0 Å². The fourth-order valence-corrected chi connectivity index (χ4v) is 2.52. The molecule has 1 unspecified atom stereocenters. The van der Waals surface area contributed by atoms with E-state index in [1.54, 1.807) is 30.1 Å². The SMILES string of the molecule is COc1ncccc1NC(=O)C(CCSC)n1cccc1. The zero-order valence-corrected chi connectivity index (χ0v) is 13.0. The molecule has 0 bridgehead atoms. The van der Waals surface area contributed by atoms with Gasteiger partial charge in [0.1, 0.15) is 11.7 Å². The van der Waals surface area contributed by atoms with Crippen LogP contribution in [0.25, 0.3) is 0 Å². The second-order valence-corrected chi connectivity index (χ2v) is 5.46. The lowest BCUT2D eigenvalue weighted by Gasteiger charge is -2.19. The number of nitrogens with one attached hydrogen (secondary N) is 1. The van der Waals surface area contributed by atoms with E-state index >= 15 is 0 Å². The average molecular weight is 305 g/mol. The molecular weight excluding hydrogens is 286 g/mol. The maximum absolute atomic E-state index is 12.6. The third-order valence-electron chi connectivity index (χ3n) is 3.11. The Morgan fingerprint density at radius 3 is 2.86 bits per heavy atom. The van der Waals surface area contributed by atoms with E-state index in [-0.39, 0.29) is 11.9 Å². The summed E-state index contributed by atoms with van der Waals surface area (Å²) >= 11 is 1.73. The van der Waals surface area contributed by atoms with E-state index in [2.05, 4.69) is 10.3 Å². The Bertz CT molecular complexity index is 572. The van der Waals surface area contributed by atoms with Crippen LogP contribution in [0.3, 0.4) is 0 Å². The van der Waals surface area contributed by atoms with Crippen LogP contribution >= 0.6 is 11.8 Å². The Balaban J connectivity index is 2.15. The highest BCUT2D eigenvalue weighted by molar-refractivity contribution is 7.98. The molecule has 1 atom stereocenters. The van der Waals surface area contributed by atoms with E-state index < -0.39 is 0 Å². The van der Waals surface area contributed by atoms with Gasteiger partial charge in [-0.2, -0.15) is 11.8 Å². The monoisotopic (exact) mass is 305 g/mol. The Hall–Kier alpha value is -1.95. The predicted octanol–water partition coefficient (Wildman–Crippen LogP) is 2.82. The van der Waals surface area contributed by atoms with Gasteiger partial charge in [-0.15, -0.1) is 0 Å². The highest BCUT2D eigenvalue weighted by atomic mass is 32.2. The largest absolute Gasteiger partial charge is 0.480 e. The van der Waals surface area contributed by atoms with E-state index in [1.165, 1.54) is 7.11 Å². The maximum atomic E-state index is 12.6. The summed E-state index contributed by atoms with van der Waals surface area (Å²) in [5, 5.41) is 2.90. The Morgan fingerprint density at radius 2 is 2.19 bits per heavy atom. The van der Waals surface area contributed by atoms with Crippen LogP contribution in [0.4, 0.5) is 5.69 Å². The number of rotatable bonds is 7. The molecule has 21 heavy (non-hydrogen) atoms. The Labute approximate surface area is 128 Å². The molecule has 1 amide bonds. The van der Waals surface area contributed by atoms with Gasteiger partial charge >= 0.3 is 0 Å². The van der Waals surface area contributed by atoms with E-state index in [9.17, 15) is 4.79 Å². The van der Waals surface area contributed by atoms with Crippen molar-refractivity contribution in [3.63, 3.8) is 0 Å². The first-order chi connectivity index (χ1) is 10.3. The van der Waals surface area contributed by atoms with Crippen molar-refractivity contribution in [1.29, 1.82) is 0 Å². The number of amides is 1. The van der Waals surface area contributed by atoms with Gasteiger partial charge < -0.3 is 14.6 Å². The van der Waals surface area contributed by atoms with Crippen molar-refractivity contribution in [2.75, 3.05) is 24.4 Å². The van der Waals surface area contributed by atoms with Gasteiger partial charge in [0.05, 0.1) is 7.11 Å². The van der Waals surface area contributed by atoms with Gasteiger partial charge in [0.15, 0.2) is 0 Å². The molecule has 5 nitrogen and oxygen atoms in total. The Morgan fingerprint density at radius 1 is 1.43 bits per heavy atom. The summed E-state index contributed by atoms with van der Waals surface area (Å²) in [6.07, 6.45) is 8.25. The molecule has 2 heterocycles. The molecule has 2 rings (SSSR count). The third-order valence-corrected chi connectivity index (χ3v) is 3.75. The van der Waals surface area contributed by atoms with E-state index in [1.807, 2.05) is 35.3 Å². The van der Waals surface area contributed by atoms with Crippen LogP contribution in [-0.2, 0) is 4.79 Å². The molecule has 0 aliphatic carbocycles. The van der Waals surface area contributed by atoms with Crippen molar-refractivity contribution in [2.24, 2.45) is 0 Å². The number of pyridine rings is 1. The number of thioether (sulfide) groups is 1. The molecule has 0 saturated heterocycles. The number of carbonyl (C=O) groups excluding carboxylic acids is 1. The summed E-state index contributed by atoms with van der Waals surface area (Å²) in [4.78, 5) is 16.6. The first kappa shape index (κ1) is 15.4. The van der Waals surface area contributed by atoms with Gasteiger partial charge in [-0.3, -0.25) is 4.79 Å². The van der Waals surface area contributed by atoms with Crippen molar-refractivity contribution in [2.45, 2.75) is 12.5 Å². The van der Waals surface area contributed by atoms with Crippen molar-refractivity contribution >= 4 is 23.4 Å².